The summed E-state index contributed by atoms with van der Waals surface area (Å²) in [7, 11) is 0. The molecule has 0 aliphatic heterocycles. The quantitative estimate of drug-likeness (QED) is 0.351. The number of imidazole rings is 1. The zero-order valence-electron chi connectivity index (χ0n) is 15.2. The van der Waals surface area contributed by atoms with Crippen LogP contribution in [-0.4, -0.2) is 35.3 Å². The van der Waals surface area contributed by atoms with Crippen molar-refractivity contribution in [2.45, 2.75) is 13.1 Å². The van der Waals surface area contributed by atoms with E-state index in [0.717, 1.165) is 12.1 Å². The number of fused-ring (bicyclic) bond motifs is 1. The Labute approximate surface area is 177 Å². The molecule has 12 heteroatoms. The van der Waals surface area contributed by atoms with Crippen molar-refractivity contribution in [1.29, 1.82) is 0 Å². The van der Waals surface area contributed by atoms with Gasteiger partial charge in [-0.15, -0.1) is 0 Å². The third-order valence-corrected chi connectivity index (χ3v) is 4.32. The van der Waals surface area contributed by atoms with Crippen LogP contribution in [0.2, 0.25) is 10.0 Å². The van der Waals surface area contributed by atoms with Crippen LogP contribution in [0, 0.1) is 5.82 Å². The molecule has 0 aliphatic rings. The van der Waals surface area contributed by atoms with E-state index in [0.29, 0.717) is 0 Å². The summed E-state index contributed by atoms with van der Waals surface area (Å²) in [6.07, 6.45) is -4.60. The van der Waals surface area contributed by atoms with Crippen LogP contribution in [-0.2, 0) is 4.74 Å². The smallest absolute Gasteiger partial charge is 0.422 e. The molecular weight excluding hydrogens is 453 g/mol. The monoisotopic (exact) mass is 465 g/mol. The zero-order valence-corrected chi connectivity index (χ0v) is 16.7. The lowest BCUT2D eigenvalue weighted by atomic mass is 10.1. The van der Waals surface area contributed by atoms with E-state index in [2.05, 4.69) is 15.3 Å². The molecule has 2 N–H and O–H groups in total. The molecule has 3 aromatic rings. The number of rotatable bonds is 6. The highest BCUT2D eigenvalue weighted by Gasteiger charge is 2.30. The summed E-state index contributed by atoms with van der Waals surface area (Å²) >= 11 is 12.0. The molecule has 0 aliphatic carbocycles. The van der Waals surface area contributed by atoms with E-state index in [1.807, 2.05) is 0 Å². The maximum absolute atomic E-state index is 13.3. The van der Waals surface area contributed by atoms with Crippen molar-refractivity contribution in [3.8, 4) is 5.75 Å². The lowest BCUT2D eigenvalue weighted by Gasteiger charge is -2.12. The zero-order chi connectivity index (χ0) is 22.1. The van der Waals surface area contributed by atoms with E-state index in [4.69, 9.17) is 32.7 Å². The van der Waals surface area contributed by atoms with Gasteiger partial charge in [-0.1, -0.05) is 23.2 Å². The normalized spacial score (nSPS) is 11.6. The molecule has 1 aromatic heterocycles. The third kappa shape index (κ3) is 5.06. The maximum atomic E-state index is 13.3. The van der Waals surface area contributed by atoms with E-state index >= 15 is 0 Å². The summed E-state index contributed by atoms with van der Waals surface area (Å²) in [6.45, 7) is -0.0190. The van der Waals surface area contributed by atoms with Crippen LogP contribution >= 0.6 is 23.2 Å². The Bertz CT molecular complexity index is 1080. The van der Waals surface area contributed by atoms with Gasteiger partial charge in [-0.3, -0.25) is 0 Å². The second-order valence-corrected chi connectivity index (χ2v) is 6.76. The maximum Gasteiger partial charge on any atom is 0.422 e. The first-order valence-corrected chi connectivity index (χ1v) is 9.15. The predicted molar refractivity (Wildman–Crippen MR) is 103 cm³/mol. The lowest BCUT2D eigenvalue weighted by molar-refractivity contribution is -0.153. The molecule has 0 bridgehead atoms. The van der Waals surface area contributed by atoms with Crippen molar-refractivity contribution in [3.63, 3.8) is 0 Å². The first-order chi connectivity index (χ1) is 14.1. The van der Waals surface area contributed by atoms with E-state index in [1.54, 1.807) is 6.92 Å². The van der Waals surface area contributed by atoms with Crippen LogP contribution in [0.3, 0.4) is 0 Å². The fourth-order valence-corrected chi connectivity index (χ4v) is 3.08. The highest BCUT2D eigenvalue weighted by atomic mass is 35.5. The van der Waals surface area contributed by atoms with Crippen LogP contribution in [0.5, 0.6) is 5.75 Å². The van der Waals surface area contributed by atoms with Crippen molar-refractivity contribution in [1.82, 2.24) is 9.97 Å². The standard InChI is InChI=1S/C18H13Cl2F4N3O3/c1-2-29-16(28)9-5-12-13(6-14(9)30-7-18(22,23)24)26-17(25-12)27-15-10(19)3-8(21)4-11(15)20/h3-6H,2,7H2,1H3,(H2,25,26,27). The fourth-order valence-electron chi connectivity index (χ4n) is 2.52. The van der Waals surface area contributed by atoms with E-state index in [1.165, 1.54) is 12.1 Å². The minimum absolute atomic E-state index is 0.0122. The fraction of sp³-hybridized carbons (Fsp3) is 0.222. The SMILES string of the molecule is CCOC(=O)c1cc2nc(Nc3c(Cl)cc(F)cc3Cl)[nH]c2cc1OCC(F)(F)F. The number of nitrogens with zero attached hydrogens (tertiary/aromatic N) is 1. The van der Waals surface area contributed by atoms with Gasteiger partial charge >= 0.3 is 12.1 Å². The Morgan fingerprint density at radius 3 is 2.47 bits per heavy atom. The molecule has 0 fully saturated rings. The number of H-pyrrole nitrogens is 1. The molecule has 3 rings (SSSR count). The topological polar surface area (TPSA) is 76.2 Å². The Morgan fingerprint density at radius 1 is 1.20 bits per heavy atom. The van der Waals surface area contributed by atoms with Gasteiger partial charge in [0, 0.05) is 6.07 Å². The number of halogens is 6. The molecule has 30 heavy (non-hydrogen) atoms. The summed E-state index contributed by atoms with van der Waals surface area (Å²) < 4.78 is 60.7. The molecule has 0 spiro atoms. The van der Waals surface area contributed by atoms with E-state index in [-0.39, 0.29) is 50.6 Å². The number of nitrogens with one attached hydrogen (secondary N) is 2. The number of anilines is 2. The van der Waals surface area contributed by atoms with Crippen LogP contribution in [0.15, 0.2) is 24.3 Å². The van der Waals surface area contributed by atoms with Crippen LogP contribution in [0.4, 0.5) is 29.2 Å². The lowest BCUT2D eigenvalue weighted by Crippen LogP contribution is -2.20. The minimum Gasteiger partial charge on any atom is -0.483 e. The Kier molecular flexibility index (Phi) is 6.27. The summed E-state index contributed by atoms with van der Waals surface area (Å²) in [5.41, 5.74) is 0.439. The van der Waals surface area contributed by atoms with Gasteiger partial charge in [0.1, 0.15) is 17.1 Å². The van der Waals surface area contributed by atoms with Crippen LogP contribution in [0.25, 0.3) is 11.0 Å². The van der Waals surface area contributed by atoms with Crippen molar-refractivity contribution < 1.29 is 31.8 Å². The van der Waals surface area contributed by atoms with Crippen LogP contribution in [0.1, 0.15) is 17.3 Å². The van der Waals surface area contributed by atoms with Crippen molar-refractivity contribution >= 4 is 51.8 Å². The number of ether oxygens (including phenoxy) is 2. The Hall–Kier alpha value is -2.72. The molecule has 0 saturated carbocycles. The number of carbonyl (C=O) groups excluding carboxylic acids is 1. The Balaban J connectivity index is 2.00. The molecule has 1 heterocycles. The first-order valence-electron chi connectivity index (χ1n) is 8.39. The highest BCUT2D eigenvalue weighted by molar-refractivity contribution is 6.39. The van der Waals surface area contributed by atoms with E-state index in [9.17, 15) is 22.4 Å². The molecule has 2 aromatic carbocycles. The minimum atomic E-state index is -4.60. The molecule has 0 saturated heterocycles. The number of aromatic amines is 1. The number of esters is 1. The van der Waals surface area contributed by atoms with Gasteiger partial charge in [0.15, 0.2) is 6.61 Å². The summed E-state index contributed by atoms with van der Waals surface area (Å²) in [6, 6.07) is 4.51. The molecular formula is C18H13Cl2F4N3O3. The molecule has 0 radical (unpaired) electrons. The van der Waals surface area contributed by atoms with Gasteiger partial charge in [0.2, 0.25) is 5.95 Å². The van der Waals surface area contributed by atoms with Crippen molar-refractivity contribution in [2.24, 2.45) is 0 Å². The number of hydrogen-bond donors (Lipinski definition) is 2. The largest absolute Gasteiger partial charge is 0.483 e. The predicted octanol–water partition coefficient (Wildman–Crippen LogP) is 5.87. The third-order valence-electron chi connectivity index (χ3n) is 3.72. The number of benzene rings is 2. The summed E-state index contributed by atoms with van der Waals surface area (Å²) in [5, 5.41) is 2.75. The van der Waals surface area contributed by atoms with Gasteiger partial charge < -0.3 is 19.8 Å². The average Bonchev–Trinajstić information content (AvgIpc) is 3.03. The van der Waals surface area contributed by atoms with E-state index < -0.39 is 24.6 Å². The van der Waals surface area contributed by atoms with Gasteiger partial charge in [-0.25, -0.2) is 14.2 Å². The molecule has 0 amide bonds. The summed E-state index contributed by atoms with van der Waals surface area (Å²) in [4.78, 5) is 19.2. The number of aromatic nitrogens is 2. The molecule has 0 unspecified atom stereocenters. The number of alkyl halides is 3. The van der Waals surface area contributed by atoms with Gasteiger partial charge in [-0.05, 0) is 25.1 Å². The van der Waals surface area contributed by atoms with Crippen LogP contribution < -0.4 is 10.1 Å². The first kappa shape index (κ1) is 22.0. The molecule has 160 valence electrons. The highest BCUT2D eigenvalue weighted by Crippen LogP contribution is 2.34. The molecule has 0 atom stereocenters. The Morgan fingerprint density at radius 2 is 1.87 bits per heavy atom. The van der Waals surface area contributed by atoms with Gasteiger partial charge in [-0.2, -0.15) is 13.2 Å². The van der Waals surface area contributed by atoms with Crippen molar-refractivity contribution in [2.75, 3.05) is 18.5 Å². The van der Waals surface area contributed by atoms with Crippen molar-refractivity contribution in [3.05, 3.63) is 45.7 Å². The summed E-state index contributed by atoms with van der Waals surface area (Å²) in [5.74, 6) is -1.72. The molecule has 6 nitrogen and oxygen atoms in total. The van der Waals surface area contributed by atoms with Gasteiger partial charge in [0.25, 0.3) is 0 Å². The average molecular weight is 466 g/mol. The van der Waals surface area contributed by atoms with Gasteiger partial charge in [0.05, 0.1) is 33.4 Å². The second-order valence-electron chi connectivity index (χ2n) is 5.94. The number of hydrogen-bond acceptors (Lipinski definition) is 5. The number of carbonyl (C=O) groups is 1. The second kappa shape index (κ2) is 8.57.